The predicted octanol–water partition coefficient (Wildman–Crippen LogP) is 4.95. The quantitative estimate of drug-likeness (QED) is 0.621. The van der Waals surface area contributed by atoms with Gasteiger partial charge in [-0.05, 0) is 24.3 Å². The molecule has 3 aromatic rings. The van der Waals surface area contributed by atoms with Crippen molar-refractivity contribution in [3.05, 3.63) is 54.6 Å². The van der Waals surface area contributed by atoms with Crippen LogP contribution in [0.5, 0.6) is 0 Å². The summed E-state index contributed by atoms with van der Waals surface area (Å²) in [6.45, 7) is 0. The molecule has 0 fully saturated rings. The molecule has 0 aliphatic heterocycles. The number of benzene rings is 2. The fourth-order valence-corrected chi connectivity index (χ4v) is 2.90. The molecule has 1 heterocycles. The molecule has 20 heavy (non-hydrogen) atoms. The zero-order chi connectivity index (χ0) is 14.2. The minimum absolute atomic E-state index is 0.0547. The molecular weight excluding hydrogens is 285 g/mol. The third-order valence-electron chi connectivity index (χ3n) is 2.74. The van der Waals surface area contributed by atoms with E-state index in [2.05, 4.69) is 4.98 Å². The Bertz CT molecular complexity index is 689. The van der Waals surface area contributed by atoms with Crippen molar-refractivity contribution < 1.29 is 13.2 Å². The minimum atomic E-state index is -4.52. The number of hydrogen-bond donors (Lipinski definition) is 0. The Morgan fingerprint density at radius 2 is 1.55 bits per heavy atom. The van der Waals surface area contributed by atoms with E-state index in [-0.39, 0.29) is 10.8 Å². The number of aromatic nitrogens is 1. The highest BCUT2D eigenvalue weighted by Crippen LogP contribution is 2.40. The molecule has 0 bridgehead atoms. The van der Waals surface area contributed by atoms with Crippen LogP contribution in [0, 0.1) is 0 Å². The van der Waals surface area contributed by atoms with Crippen molar-refractivity contribution >= 4 is 32.4 Å². The number of anilines is 2. The first kappa shape index (κ1) is 12.9. The van der Waals surface area contributed by atoms with Gasteiger partial charge in [0.2, 0.25) is 0 Å². The van der Waals surface area contributed by atoms with Crippen LogP contribution >= 0.6 is 11.3 Å². The van der Waals surface area contributed by atoms with E-state index in [1.54, 1.807) is 42.5 Å². The van der Waals surface area contributed by atoms with E-state index in [1.165, 1.54) is 12.1 Å². The van der Waals surface area contributed by atoms with Crippen molar-refractivity contribution in [3.8, 4) is 0 Å². The molecule has 0 unspecified atom stereocenters. The molecule has 0 radical (unpaired) electrons. The largest absolute Gasteiger partial charge is 0.491 e. The van der Waals surface area contributed by atoms with Gasteiger partial charge in [0.25, 0.3) is 0 Å². The second-order valence-electron chi connectivity index (χ2n) is 4.10. The van der Waals surface area contributed by atoms with Gasteiger partial charge >= 0.3 is 6.30 Å². The van der Waals surface area contributed by atoms with Crippen LogP contribution < -0.4 is 4.90 Å². The zero-order valence-electron chi connectivity index (χ0n) is 10.1. The highest BCUT2D eigenvalue weighted by Gasteiger charge is 2.40. The van der Waals surface area contributed by atoms with Crippen LogP contribution in [-0.4, -0.2) is 11.3 Å². The smallest absolute Gasteiger partial charge is 0.228 e. The molecular formula is C14H9F3N2S. The highest BCUT2D eigenvalue weighted by atomic mass is 32.1. The van der Waals surface area contributed by atoms with Gasteiger partial charge in [0.05, 0.1) is 15.9 Å². The summed E-state index contributed by atoms with van der Waals surface area (Å²) in [6, 6.07) is 14.7. The Balaban J connectivity index is 2.15. The predicted molar refractivity (Wildman–Crippen MR) is 74.3 cm³/mol. The second kappa shape index (κ2) is 4.79. The van der Waals surface area contributed by atoms with Gasteiger partial charge in [-0.2, -0.15) is 0 Å². The van der Waals surface area contributed by atoms with Crippen molar-refractivity contribution in [3.63, 3.8) is 0 Å². The van der Waals surface area contributed by atoms with Gasteiger partial charge in [-0.15, -0.1) is 13.2 Å². The van der Waals surface area contributed by atoms with Crippen LogP contribution in [0.4, 0.5) is 24.0 Å². The van der Waals surface area contributed by atoms with Crippen LogP contribution in [-0.2, 0) is 0 Å². The summed E-state index contributed by atoms with van der Waals surface area (Å²) in [5.74, 6) is 0. The molecule has 1 aromatic heterocycles. The molecule has 2 nitrogen and oxygen atoms in total. The second-order valence-corrected chi connectivity index (χ2v) is 5.11. The van der Waals surface area contributed by atoms with Crippen LogP contribution in [0.3, 0.4) is 0 Å². The molecule has 0 spiro atoms. The van der Waals surface area contributed by atoms with Gasteiger partial charge in [-0.1, -0.05) is 41.7 Å². The van der Waals surface area contributed by atoms with Crippen LogP contribution in [0.15, 0.2) is 54.6 Å². The summed E-state index contributed by atoms with van der Waals surface area (Å²) in [4.78, 5) is 4.38. The van der Waals surface area contributed by atoms with E-state index in [4.69, 9.17) is 0 Å². The molecule has 6 heteroatoms. The average Bonchev–Trinajstić information content (AvgIpc) is 2.81. The first-order valence-corrected chi connectivity index (χ1v) is 6.65. The summed E-state index contributed by atoms with van der Waals surface area (Å²) >= 11 is 1.02. The maximum atomic E-state index is 13.3. The lowest BCUT2D eigenvalue weighted by atomic mass is 10.3. The molecule has 3 rings (SSSR count). The molecule has 2 aromatic carbocycles. The molecule has 0 saturated carbocycles. The summed E-state index contributed by atoms with van der Waals surface area (Å²) in [5.41, 5.74) is 0.622. The number of thiazole rings is 1. The molecule has 0 N–H and O–H groups in total. The van der Waals surface area contributed by atoms with Gasteiger partial charge in [0.1, 0.15) is 0 Å². The molecule has 0 aliphatic rings. The molecule has 102 valence electrons. The van der Waals surface area contributed by atoms with Crippen molar-refractivity contribution in [2.45, 2.75) is 6.30 Å². The molecule has 0 amide bonds. The van der Waals surface area contributed by atoms with E-state index in [0.29, 0.717) is 10.4 Å². The van der Waals surface area contributed by atoms with Crippen LogP contribution in [0.25, 0.3) is 10.2 Å². The lowest BCUT2D eigenvalue weighted by Gasteiger charge is -2.24. The van der Waals surface area contributed by atoms with E-state index in [1.807, 2.05) is 0 Å². The first-order chi connectivity index (χ1) is 9.55. The van der Waals surface area contributed by atoms with E-state index in [9.17, 15) is 13.2 Å². The standard InChI is InChI=1S/C14H9F3N2S/c15-14(16,17)19(10-6-2-1-3-7-10)13-18-11-8-4-5-9-12(11)20-13/h1-9H. The maximum absolute atomic E-state index is 13.3. The third kappa shape index (κ3) is 2.34. The average molecular weight is 294 g/mol. The summed E-state index contributed by atoms with van der Waals surface area (Å²) in [5, 5.41) is -0.0788. The van der Waals surface area contributed by atoms with E-state index >= 15 is 0 Å². The number of alkyl halides is 3. The number of hydrogen-bond acceptors (Lipinski definition) is 3. The number of rotatable bonds is 2. The Morgan fingerprint density at radius 3 is 2.20 bits per heavy atom. The monoisotopic (exact) mass is 294 g/mol. The molecule has 0 saturated heterocycles. The van der Waals surface area contributed by atoms with Gasteiger partial charge < -0.3 is 0 Å². The lowest BCUT2D eigenvalue weighted by Crippen LogP contribution is -2.33. The SMILES string of the molecule is FC(F)(F)N(c1ccccc1)c1nc2ccccc2s1. The Morgan fingerprint density at radius 1 is 0.900 bits per heavy atom. The fraction of sp³-hybridized carbons (Fsp3) is 0.0714. The number of fused-ring (bicyclic) bond motifs is 1. The first-order valence-electron chi connectivity index (χ1n) is 5.83. The van der Waals surface area contributed by atoms with E-state index in [0.717, 1.165) is 16.0 Å². The van der Waals surface area contributed by atoms with Crippen molar-refractivity contribution in [1.29, 1.82) is 0 Å². The van der Waals surface area contributed by atoms with Gasteiger partial charge in [0.15, 0.2) is 5.13 Å². The summed E-state index contributed by atoms with van der Waals surface area (Å²) in [7, 11) is 0. The molecule has 0 atom stereocenters. The van der Waals surface area contributed by atoms with Crippen molar-refractivity contribution in [2.75, 3.05) is 4.90 Å². The maximum Gasteiger partial charge on any atom is 0.491 e. The Kier molecular flexibility index (Phi) is 3.10. The Hall–Kier alpha value is -2.08. The minimum Gasteiger partial charge on any atom is -0.228 e. The number of nitrogens with zero attached hydrogens (tertiary/aromatic N) is 2. The third-order valence-corrected chi connectivity index (χ3v) is 3.76. The lowest BCUT2D eigenvalue weighted by molar-refractivity contribution is -0.120. The van der Waals surface area contributed by atoms with Crippen LogP contribution in [0.2, 0.25) is 0 Å². The van der Waals surface area contributed by atoms with E-state index < -0.39 is 6.30 Å². The molecule has 0 aliphatic carbocycles. The Labute approximate surface area is 117 Å². The highest BCUT2D eigenvalue weighted by molar-refractivity contribution is 7.22. The summed E-state index contributed by atoms with van der Waals surface area (Å²) < 4.78 is 40.7. The normalized spacial score (nSPS) is 11.8. The van der Waals surface area contributed by atoms with Crippen molar-refractivity contribution in [2.24, 2.45) is 0 Å². The van der Waals surface area contributed by atoms with Crippen molar-refractivity contribution in [1.82, 2.24) is 4.98 Å². The van der Waals surface area contributed by atoms with Gasteiger partial charge in [0, 0.05) is 0 Å². The number of para-hydroxylation sites is 2. The fourth-order valence-electron chi connectivity index (χ4n) is 1.90. The van der Waals surface area contributed by atoms with Crippen LogP contribution in [0.1, 0.15) is 0 Å². The number of halogens is 3. The topological polar surface area (TPSA) is 16.1 Å². The summed E-state index contributed by atoms with van der Waals surface area (Å²) in [6.07, 6.45) is -4.52. The zero-order valence-corrected chi connectivity index (χ0v) is 10.9. The van der Waals surface area contributed by atoms with Gasteiger partial charge in [-0.3, -0.25) is 0 Å². The van der Waals surface area contributed by atoms with Gasteiger partial charge in [-0.25, -0.2) is 9.88 Å².